The quantitative estimate of drug-likeness (QED) is 0.486. The van der Waals surface area contributed by atoms with Crippen LogP contribution in [0.15, 0.2) is 47.5 Å². The van der Waals surface area contributed by atoms with E-state index in [2.05, 4.69) is 25.0 Å². The van der Waals surface area contributed by atoms with Gasteiger partial charge in [-0.3, -0.25) is 14.8 Å². The molecule has 0 bridgehead atoms. The molecule has 4 heterocycles. The van der Waals surface area contributed by atoms with Crippen LogP contribution >= 0.6 is 0 Å². The fraction of sp³-hybridized carbons (Fsp3) is 0.304. The van der Waals surface area contributed by atoms with Gasteiger partial charge in [0.25, 0.3) is 5.56 Å². The van der Waals surface area contributed by atoms with E-state index in [1.165, 1.54) is 10.7 Å². The molecule has 0 amide bonds. The van der Waals surface area contributed by atoms with Crippen molar-refractivity contribution < 1.29 is 13.2 Å². The highest BCUT2D eigenvalue weighted by molar-refractivity contribution is 5.80. The second kappa shape index (κ2) is 8.06. The zero-order valence-corrected chi connectivity index (χ0v) is 17.9. The number of fused-ring (bicyclic) bond motifs is 1. The Kier molecular flexibility index (Phi) is 5.16. The first-order valence-corrected chi connectivity index (χ1v) is 10.6. The number of pyridine rings is 2. The van der Waals surface area contributed by atoms with Gasteiger partial charge in [-0.1, -0.05) is 12.1 Å². The summed E-state index contributed by atoms with van der Waals surface area (Å²) in [5.41, 5.74) is -0.0372. The van der Waals surface area contributed by atoms with Gasteiger partial charge in [0.05, 0.1) is 6.04 Å². The minimum absolute atomic E-state index is 0.0479. The van der Waals surface area contributed by atoms with Crippen LogP contribution in [-0.2, 0) is 6.18 Å². The second-order valence-electron chi connectivity index (χ2n) is 8.25. The number of nitriles is 1. The summed E-state index contributed by atoms with van der Waals surface area (Å²) >= 11 is 0. The lowest BCUT2D eigenvalue weighted by molar-refractivity contribution is -0.141. The third-order valence-electron chi connectivity index (χ3n) is 6.31. The average Bonchev–Trinajstić information content (AvgIpc) is 3.17. The Bertz CT molecular complexity index is 1450. The third kappa shape index (κ3) is 3.61. The maximum absolute atomic E-state index is 12.9. The molecule has 1 aliphatic rings. The Labute approximate surface area is 191 Å². The Morgan fingerprint density at radius 2 is 1.97 bits per heavy atom. The summed E-state index contributed by atoms with van der Waals surface area (Å²) in [6, 6.07) is 9.17. The van der Waals surface area contributed by atoms with E-state index in [0.717, 1.165) is 30.8 Å². The van der Waals surface area contributed by atoms with Gasteiger partial charge in [0.15, 0.2) is 11.3 Å². The molecule has 0 unspecified atom stereocenters. The van der Waals surface area contributed by atoms with Gasteiger partial charge in [-0.2, -0.15) is 23.5 Å². The summed E-state index contributed by atoms with van der Waals surface area (Å²) in [5, 5.41) is 13.8. The number of aromatic nitrogens is 6. The molecule has 0 spiro atoms. The molecule has 1 saturated carbocycles. The zero-order valence-electron chi connectivity index (χ0n) is 17.9. The Hall–Kier alpha value is -4.07. The van der Waals surface area contributed by atoms with E-state index in [9.17, 15) is 23.2 Å². The smallest absolute Gasteiger partial charge is 0.310 e. The normalized spacial score (nSPS) is 18.9. The Balaban J connectivity index is 1.57. The summed E-state index contributed by atoms with van der Waals surface area (Å²) < 4.78 is 40.1. The third-order valence-corrected chi connectivity index (χ3v) is 6.31. The van der Waals surface area contributed by atoms with Crippen molar-refractivity contribution in [1.29, 1.82) is 5.26 Å². The van der Waals surface area contributed by atoms with Gasteiger partial charge in [-0.15, -0.1) is 0 Å². The molecule has 172 valence electrons. The number of hydrogen-bond donors (Lipinski definition) is 1. The van der Waals surface area contributed by atoms with Crippen LogP contribution < -0.4 is 5.56 Å². The molecule has 0 aliphatic heterocycles. The van der Waals surface area contributed by atoms with Crippen LogP contribution in [0.3, 0.4) is 0 Å². The van der Waals surface area contributed by atoms with Gasteiger partial charge in [0.2, 0.25) is 0 Å². The van der Waals surface area contributed by atoms with Gasteiger partial charge < -0.3 is 4.98 Å². The van der Waals surface area contributed by atoms with Crippen molar-refractivity contribution in [1.82, 2.24) is 29.7 Å². The second-order valence-corrected chi connectivity index (χ2v) is 8.25. The van der Waals surface area contributed by atoms with Crippen molar-refractivity contribution >= 4 is 11.0 Å². The van der Waals surface area contributed by atoms with Crippen molar-refractivity contribution in [3.63, 3.8) is 0 Å². The molecule has 1 fully saturated rings. The lowest BCUT2D eigenvalue weighted by atomic mass is 9.71. The van der Waals surface area contributed by atoms with Gasteiger partial charge in [0.1, 0.15) is 23.0 Å². The highest BCUT2D eigenvalue weighted by Gasteiger charge is 2.37. The molecule has 5 rings (SSSR count). The molecule has 0 aromatic carbocycles. The maximum Gasteiger partial charge on any atom is 0.433 e. The predicted octanol–water partition coefficient (Wildman–Crippen LogP) is 4.07. The van der Waals surface area contributed by atoms with E-state index in [-0.39, 0.29) is 28.6 Å². The van der Waals surface area contributed by atoms with Gasteiger partial charge >= 0.3 is 6.18 Å². The molecule has 1 N–H and O–H groups in total. The molecule has 11 heteroatoms. The summed E-state index contributed by atoms with van der Waals surface area (Å²) in [5.74, 6) is 0.525. The van der Waals surface area contributed by atoms with E-state index in [0.29, 0.717) is 11.4 Å². The van der Waals surface area contributed by atoms with Gasteiger partial charge in [0, 0.05) is 29.9 Å². The zero-order chi connectivity index (χ0) is 24.0. The van der Waals surface area contributed by atoms with Gasteiger partial charge in [-0.25, -0.2) is 9.67 Å². The van der Waals surface area contributed by atoms with E-state index in [1.54, 1.807) is 13.1 Å². The van der Waals surface area contributed by atoms with E-state index < -0.39 is 23.5 Å². The SMILES string of the molecule is C[C@@H](c1ccc(C(F)(F)F)nc1)n1nc(C#N)c2c(=O)[nH]c([C@H]3CC[C@@H]3c3ccccn3)nc21. The maximum atomic E-state index is 12.9. The predicted molar refractivity (Wildman–Crippen MR) is 115 cm³/mol. The number of nitrogens with one attached hydrogen (secondary N) is 1. The van der Waals surface area contributed by atoms with Crippen molar-refractivity contribution in [3.8, 4) is 6.07 Å². The number of rotatable bonds is 4. The number of halogens is 3. The number of nitrogens with zero attached hydrogens (tertiary/aromatic N) is 6. The summed E-state index contributed by atoms with van der Waals surface area (Å²) in [4.78, 5) is 28.3. The Morgan fingerprint density at radius 1 is 1.18 bits per heavy atom. The van der Waals surface area contributed by atoms with Gasteiger partial charge in [-0.05, 0) is 43.5 Å². The molecule has 4 aromatic rings. The fourth-order valence-corrected chi connectivity index (χ4v) is 4.32. The lowest BCUT2D eigenvalue weighted by Gasteiger charge is -2.35. The van der Waals surface area contributed by atoms with E-state index >= 15 is 0 Å². The minimum Gasteiger partial charge on any atom is -0.310 e. The van der Waals surface area contributed by atoms with E-state index in [4.69, 9.17) is 0 Å². The topological polar surface area (TPSA) is 113 Å². The average molecular weight is 465 g/mol. The van der Waals surface area contributed by atoms with Crippen molar-refractivity contribution in [2.24, 2.45) is 0 Å². The van der Waals surface area contributed by atoms with Crippen LogP contribution in [0.25, 0.3) is 11.0 Å². The van der Waals surface area contributed by atoms with Crippen molar-refractivity contribution in [2.45, 2.75) is 43.8 Å². The minimum atomic E-state index is -4.55. The molecule has 0 radical (unpaired) electrons. The van der Waals surface area contributed by atoms with Crippen LogP contribution in [0.5, 0.6) is 0 Å². The van der Waals surface area contributed by atoms with Crippen LogP contribution in [0, 0.1) is 11.3 Å². The summed E-state index contributed by atoms with van der Waals surface area (Å²) in [6.07, 6.45) is 0.000178. The fourth-order valence-electron chi connectivity index (χ4n) is 4.32. The van der Waals surface area contributed by atoms with Crippen LogP contribution in [0.2, 0.25) is 0 Å². The van der Waals surface area contributed by atoms with E-state index in [1.807, 2.05) is 24.3 Å². The number of H-pyrrole nitrogens is 1. The summed E-state index contributed by atoms with van der Waals surface area (Å²) in [7, 11) is 0. The molecule has 1 aliphatic carbocycles. The monoisotopic (exact) mass is 465 g/mol. The Morgan fingerprint density at radius 3 is 2.56 bits per heavy atom. The first kappa shape index (κ1) is 21.8. The standard InChI is InChI=1S/C23H18F3N7O/c1-12(13-5-8-18(29-11-13)23(24,25)26)33-21-19(17(10-27)32-33)22(34)31-20(30-21)15-7-6-14(15)16-4-2-3-9-28-16/h2-5,8-9,11-12,14-15H,6-7H2,1H3,(H,30,31,34)/t12-,14-,15-/m0/s1. The molecular weight excluding hydrogens is 447 g/mol. The number of hydrogen-bond acceptors (Lipinski definition) is 6. The molecule has 0 saturated heterocycles. The summed E-state index contributed by atoms with van der Waals surface area (Å²) in [6.45, 7) is 1.69. The molecule has 3 atom stereocenters. The van der Waals surface area contributed by atoms with Crippen LogP contribution in [0.4, 0.5) is 13.2 Å². The number of alkyl halides is 3. The first-order valence-electron chi connectivity index (χ1n) is 10.6. The molecule has 34 heavy (non-hydrogen) atoms. The van der Waals surface area contributed by atoms with Crippen LogP contribution in [0.1, 0.15) is 66.1 Å². The highest BCUT2D eigenvalue weighted by atomic mass is 19.4. The number of aromatic amines is 1. The van der Waals surface area contributed by atoms with Crippen LogP contribution in [-0.4, -0.2) is 29.7 Å². The lowest BCUT2D eigenvalue weighted by Crippen LogP contribution is -2.27. The van der Waals surface area contributed by atoms with Crippen molar-refractivity contribution in [2.75, 3.05) is 0 Å². The molecule has 4 aromatic heterocycles. The van der Waals surface area contributed by atoms with Crippen molar-refractivity contribution in [3.05, 3.63) is 81.5 Å². The molecular formula is C23H18F3N7O. The highest BCUT2D eigenvalue weighted by Crippen LogP contribution is 2.47. The molecule has 8 nitrogen and oxygen atoms in total. The first-order chi connectivity index (χ1) is 16.3. The largest absolute Gasteiger partial charge is 0.433 e.